The Labute approximate surface area is 196 Å². The van der Waals surface area contributed by atoms with E-state index in [9.17, 15) is 0 Å². The molecule has 0 aliphatic rings. The molecule has 1 heteroatoms. The van der Waals surface area contributed by atoms with Gasteiger partial charge in [-0.3, -0.25) is 0 Å². The molecule has 0 bridgehead atoms. The zero-order valence-electron chi connectivity index (χ0n) is 21.2. The lowest BCUT2D eigenvalue weighted by Gasteiger charge is -2.28. The molecular weight excluding hydrogens is 386 g/mol. The summed E-state index contributed by atoms with van der Waals surface area (Å²) in [5.74, 6) is 1.17. The molecule has 3 aromatic rings. The van der Waals surface area contributed by atoms with Crippen LogP contribution in [0.4, 0.5) is 17.1 Å². The molecule has 0 heterocycles. The highest BCUT2D eigenvalue weighted by Crippen LogP contribution is 2.37. The van der Waals surface area contributed by atoms with Crippen LogP contribution in [0.25, 0.3) is 0 Å². The van der Waals surface area contributed by atoms with Gasteiger partial charge in [0.25, 0.3) is 0 Å². The van der Waals surface area contributed by atoms with Gasteiger partial charge in [0.15, 0.2) is 0 Å². The lowest BCUT2D eigenvalue weighted by molar-refractivity contribution is 0.506. The topological polar surface area (TPSA) is 3.24 Å². The highest BCUT2D eigenvalue weighted by Gasteiger charge is 2.19. The summed E-state index contributed by atoms with van der Waals surface area (Å²) in [4.78, 5) is 2.38. The van der Waals surface area contributed by atoms with Gasteiger partial charge in [-0.05, 0) is 89.6 Å². The largest absolute Gasteiger partial charge is 0.311 e. The summed E-state index contributed by atoms with van der Waals surface area (Å²) in [6.45, 7) is 16.0. The quantitative estimate of drug-likeness (QED) is 0.328. The van der Waals surface area contributed by atoms with Crippen molar-refractivity contribution in [1.82, 2.24) is 0 Å². The van der Waals surface area contributed by atoms with E-state index in [1.165, 1.54) is 33.8 Å². The van der Waals surface area contributed by atoms with Gasteiger partial charge in [-0.2, -0.15) is 0 Å². The van der Waals surface area contributed by atoms with Crippen LogP contribution in [-0.2, 0) is 5.41 Å². The fourth-order valence-electron chi connectivity index (χ4n) is 4.09. The van der Waals surface area contributed by atoms with Crippen molar-refractivity contribution in [1.29, 1.82) is 0 Å². The predicted molar refractivity (Wildman–Crippen MR) is 142 cm³/mol. The molecule has 2 unspecified atom stereocenters. The summed E-state index contributed by atoms with van der Waals surface area (Å²) in [6, 6.07) is 27.4. The van der Waals surface area contributed by atoms with Crippen molar-refractivity contribution >= 4 is 17.1 Å². The maximum Gasteiger partial charge on any atom is 0.0461 e. The zero-order valence-corrected chi connectivity index (χ0v) is 21.2. The van der Waals surface area contributed by atoms with Crippen molar-refractivity contribution in [2.45, 2.75) is 85.0 Å². The van der Waals surface area contributed by atoms with Gasteiger partial charge in [0.05, 0.1) is 0 Å². The predicted octanol–water partition coefficient (Wildman–Crippen LogP) is 9.87. The molecule has 0 amide bonds. The van der Waals surface area contributed by atoms with E-state index in [4.69, 9.17) is 0 Å². The van der Waals surface area contributed by atoms with Gasteiger partial charge in [-0.25, -0.2) is 0 Å². The summed E-state index contributed by atoms with van der Waals surface area (Å²) >= 11 is 0. The highest BCUT2D eigenvalue weighted by atomic mass is 15.1. The van der Waals surface area contributed by atoms with E-state index in [2.05, 4.69) is 126 Å². The van der Waals surface area contributed by atoms with Crippen molar-refractivity contribution in [3.05, 3.63) is 89.5 Å². The van der Waals surface area contributed by atoms with E-state index >= 15 is 0 Å². The molecular formula is C31H41N. The molecule has 0 aliphatic carbocycles. The minimum Gasteiger partial charge on any atom is -0.311 e. The van der Waals surface area contributed by atoms with Crippen LogP contribution >= 0.6 is 0 Å². The number of anilines is 3. The van der Waals surface area contributed by atoms with Gasteiger partial charge in [-0.15, -0.1) is 0 Å². The van der Waals surface area contributed by atoms with E-state index in [0.717, 1.165) is 19.3 Å². The van der Waals surface area contributed by atoms with Crippen LogP contribution in [-0.4, -0.2) is 0 Å². The Balaban J connectivity index is 2.03. The van der Waals surface area contributed by atoms with Crippen LogP contribution in [0, 0.1) is 0 Å². The fourth-order valence-corrected chi connectivity index (χ4v) is 4.09. The van der Waals surface area contributed by atoms with Crippen molar-refractivity contribution in [3.63, 3.8) is 0 Å². The van der Waals surface area contributed by atoms with Crippen LogP contribution in [0.2, 0.25) is 0 Å². The maximum atomic E-state index is 2.38. The van der Waals surface area contributed by atoms with E-state index in [1.54, 1.807) is 0 Å². The average Bonchev–Trinajstić information content (AvgIpc) is 2.84. The number of benzene rings is 3. The Kier molecular flexibility index (Phi) is 7.82. The molecule has 170 valence electrons. The molecule has 0 saturated carbocycles. The molecule has 0 radical (unpaired) electrons. The van der Waals surface area contributed by atoms with Crippen LogP contribution in [0.3, 0.4) is 0 Å². The first-order chi connectivity index (χ1) is 15.3. The third-order valence-electron chi connectivity index (χ3n) is 7.46. The van der Waals surface area contributed by atoms with E-state index in [-0.39, 0.29) is 5.41 Å². The number of nitrogens with zero attached hydrogens (tertiary/aromatic N) is 1. The Morgan fingerprint density at radius 3 is 1.25 bits per heavy atom. The third-order valence-corrected chi connectivity index (χ3v) is 7.46. The van der Waals surface area contributed by atoms with Crippen molar-refractivity contribution in [2.75, 3.05) is 4.90 Å². The van der Waals surface area contributed by atoms with Crippen molar-refractivity contribution < 1.29 is 0 Å². The van der Waals surface area contributed by atoms with Gasteiger partial charge in [0.1, 0.15) is 0 Å². The molecule has 0 aliphatic heterocycles. The Morgan fingerprint density at radius 1 is 0.594 bits per heavy atom. The summed E-state index contributed by atoms with van der Waals surface area (Å²) in [5, 5.41) is 0. The van der Waals surface area contributed by atoms with Crippen LogP contribution in [0.15, 0.2) is 72.8 Å². The van der Waals surface area contributed by atoms with Crippen molar-refractivity contribution in [2.24, 2.45) is 0 Å². The first kappa shape index (κ1) is 24.1. The molecule has 0 spiro atoms. The normalized spacial score (nSPS) is 13.6. The molecule has 3 aromatic carbocycles. The summed E-state index contributed by atoms with van der Waals surface area (Å²) < 4.78 is 0. The van der Waals surface area contributed by atoms with Gasteiger partial charge in [0.2, 0.25) is 0 Å². The first-order valence-corrected chi connectivity index (χ1v) is 12.4. The standard InChI is InChI=1S/C31H41N/c1-8-23(4)25-11-17-28(18-12-25)32(29-19-13-26(14-20-29)24(5)9-2)30-21-15-27(16-22-30)31(6,7)10-3/h11-24H,8-10H2,1-7H3. The molecule has 1 nitrogen and oxygen atoms in total. The first-order valence-electron chi connectivity index (χ1n) is 12.4. The summed E-state index contributed by atoms with van der Waals surface area (Å²) in [7, 11) is 0. The Bertz CT molecular complexity index is 911. The second-order valence-electron chi connectivity index (χ2n) is 9.92. The lowest BCUT2D eigenvalue weighted by atomic mass is 9.82. The molecule has 3 rings (SSSR count). The van der Waals surface area contributed by atoms with Gasteiger partial charge >= 0.3 is 0 Å². The van der Waals surface area contributed by atoms with Gasteiger partial charge < -0.3 is 4.90 Å². The van der Waals surface area contributed by atoms with E-state index in [1.807, 2.05) is 0 Å². The summed E-state index contributed by atoms with van der Waals surface area (Å²) in [5.41, 5.74) is 8.01. The molecule has 0 aromatic heterocycles. The Hall–Kier alpha value is -2.54. The maximum absolute atomic E-state index is 2.38. The number of hydrogen-bond donors (Lipinski definition) is 0. The zero-order chi connectivity index (χ0) is 23.3. The average molecular weight is 428 g/mol. The molecule has 0 N–H and O–H groups in total. The molecule has 0 fully saturated rings. The SMILES string of the molecule is CCC(C)c1ccc(N(c2ccc(C(C)CC)cc2)c2ccc(C(C)(C)CC)cc2)cc1. The van der Waals surface area contributed by atoms with Crippen molar-refractivity contribution in [3.8, 4) is 0 Å². The van der Waals surface area contributed by atoms with Gasteiger partial charge in [0, 0.05) is 17.1 Å². The molecule has 32 heavy (non-hydrogen) atoms. The fraction of sp³-hybridized carbons (Fsp3) is 0.419. The minimum absolute atomic E-state index is 0.194. The minimum atomic E-state index is 0.194. The smallest absolute Gasteiger partial charge is 0.0461 e. The van der Waals surface area contributed by atoms with E-state index < -0.39 is 0 Å². The second-order valence-corrected chi connectivity index (χ2v) is 9.92. The van der Waals surface area contributed by atoms with Crippen LogP contribution in [0.5, 0.6) is 0 Å². The Morgan fingerprint density at radius 2 is 0.938 bits per heavy atom. The lowest BCUT2D eigenvalue weighted by Crippen LogP contribution is -2.16. The highest BCUT2D eigenvalue weighted by molar-refractivity contribution is 5.76. The van der Waals surface area contributed by atoms with Crippen LogP contribution in [0.1, 0.15) is 96.3 Å². The number of hydrogen-bond acceptors (Lipinski definition) is 1. The number of rotatable bonds is 9. The van der Waals surface area contributed by atoms with E-state index in [0.29, 0.717) is 11.8 Å². The van der Waals surface area contributed by atoms with Gasteiger partial charge in [-0.1, -0.05) is 84.9 Å². The molecule has 0 saturated heterocycles. The summed E-state index contributed by atoms with van der Waals surface area (Å²) in [6.07, 6.45) is 3.45. The third kappa shape index (κ3) is 5.26. The van der Waals surface area contributed by atoms with Crippen LogP contribution < -0.4 is 4.90 Å². The molecule has 2 atom stereocenters. The second kappa shape index (κ2) is 10.4. The monoisotopic (exact) mass is 427 g/mol.